The van der Waals surface area contributed by atoms with Gasteiger partial charge in [-0.1, -0.05) is 41.6 Å². The fourth-order valence-electron chi connectivity index (χ4n) is 2.03. The number of rotatable bonds is 0. The van der Waals surface area contributed by atoms with E-state index in [9.17, 15) is 0 Å². The lowest BCUT2D eigenvalue weighted by molar-refractivity contribution is 1.08. The first-order chi connectivity index (χ1) is 8.24. The molecule has 1 nitrogen and oxygen atoms in total. The SMILES string of the molecule is Cc1cccc2c1Sc1ccc(Cl)cc1NC2. The highest BCUT2D eigenvalue weighted by Crippen LogP contribution is 2.41. The molecular weight excluding hydrogens is 250 g/mol. The molecule has 0 spiro atoms. The highest BCUT2D eigenvalue weighted by molar-refractivity contribution is 7.99. The van der Waals surface area contributed by atoms with Crippen LogP contribution in [-0.2, 0) is 6.54 Å². The molecular formula is C14H12ClNS. The van der Waals surface area contributed by atoms with E-state index in [4.69, 9.17) is 11.6 Å². The Hall–Kier alpha value is -1.12. The molecule has 17 heavy (non-hydrogen) atoms. The predicted molar refractivity (Wildman–Crippen MR) is 74.1 cm³/mol. The van der Waals surface area contributed by atoms with Gasteiger partial charge in [-0.15, -0.1) is 0 Å². The Morgan fingerprint density at radius 2 is 2.12 bits per heavy atom. The summed E-state index contributed by atoms with van der Waals surface area (Å²) in [5.41, 5.74) is 3.80. The second-order valence-corrected chi connectivity index (χ2v) is 5.65. The lowest BCUT2D eigenvalue weighted by atomic mass is 10.1. The Bertz CT molecular complexity index is 580. The van der Waals surface area contributed by atoms with E-state index < -0.39 is 0 Å². The number of halogens is 1. The Balaban J connectivity index is 2.12. The lowest BCUT2D eigenvalue weighted by Crippen LogP contribution is -1.99. The van der Waals surface area contributed by atoms with Gasteiger partial charge in [0.2, 0.25) is 0 Å². The van der Waals surface area contributed by atoms with Crippen molar-refractivity contribution in [1.82, 2.24) is 0 Å². The van der Waals surface area contributed by atoms with E-state index in [0.29, 0.717) is 0 Å². The van der Waals surface area contributed by atoms with Crippen molar-refractivity contribution in [1.29, 1.82) is 0 Å². The monoisotopic (exact) mass is 261 g/mol. The zero-order valence-corrected chi connectivity index (χ0v) is 11.0. The van der Waals surface area contributed by atoms with Crippen LogP contribution in [0.2, 0.25) is 5.02 Å². The van der Waals surface area contributed by atoms with E-state index in [0.717, 1.165) is 17.3 Å². The Morgan fingerprint density at radius 3 is 3.00 bits per heavy atom. The predicted octanol–water partition coefficient (Wildman–Crippen LogP) is 4.73. The molecule has 1 N–H and O–H groups in total. The van der Waals surface area contributed by atoms with Gasteiger partial charge in [-0.25, -0.2) is 0 Å². The van der Waals surface area contributed by atoms with Crippen molar-refractivity contribution in [3.8, 4) is 0 Å². The fraction of sp³-hybridized carbons (Fsp3) is 0.143. The molecule has 2 aromatic rings. The smallest absolute Gasteiger partial charge is 0.0499 e. The molecule has 1 aliphatic heterocycles. The molecule has 0 saturated heterocycles. The van der Waals surface area contributed by atoms with Crippen molar-refractivity contribution in [3.05, 3.63) is 52.5 Å². The molecule has 0 aliphatic carbocycles. The average molecular weight is 262 g/mol. The maximum absolute atomic E-state index is 6.02. The van der Waals surface area contributed by atoms with Crippen molar-refractivity contribution < 1.29 is 0 Å². The van der Waals surface area contributed by atoms with Crippen LogP contribution in [0.25, 0.3) is 0 Å². The van der Waals surface area contributed by atoms with Gasteiger partial charge in [0.25, 0.3) is 0 Å². The maximum atomic E-state index is 6.02. The highest BCUT2D eigenvalue weighted by Gasteiger charge is 2.14. The number of nitrogens with one attached hydrogen (secondary N) is 1. The van der Waals surface area contributed by atoms with Gasteiger partial charge in [-0.3, -0.25) is 0 Å². The second-order valence-electron chi connectivity index (χ2n) is 4.16. The average Bonchev–Trinajstić information content (AvgIpc) is 2.49. The van der Waals surface area contributed by atoms with Gasteiger partial charge < -0.3 is 5.32 Å². The topological polar surface area (TPSA) is 12.0 Å². The Kier molecular flexibility index (Phi) is 2.77. The van der Waals surface area contributed by atoms with Gasteiger partial charge in [0.15, 0.2) is 0 Å². The minimum Gasteiger partial charge on any atom is -0.380 e. The zero-order chi connectivity index (χ0) is 11.8. The maximum Gasteiger partial charge on any atom is 0.0499 e. The first-order valence-electron chi connectivity index (χ1n) is 5.54. The molecule has 0 radical (unpaired) electrons. The molecule has 0 saturated carbocycles. The summed E-state index contributed by atoms with van der Waals surface area (Å²) in [6.07, 6.45) is 0. The zero-order valence-electron chi connectivity index (χ0n) is 9.46. The van der Waals surface area contributed by atoms with Crippen LogP contribution >= 0.6 is 23.4 Å². The van der Waals surface area contributed by atoms with Gasteiger partial charge in [-0.2, -0.15) is 0 Å². The summed E-state index contributed by atoms with van der Waals surface area (Å²) in [7, 11) is 0. The van der Waals surface area contributed by atoms with E-state index in [1.807, 2.05) is 23.9 Å². The van der Waals surface area contributed by atoms with E-state index in [1.165, 1.54) is 20.9 Å². The van der Waals surface area contributed by atoms with Crippen LogP contribution in [0.1, 0.15) is 11.1 Å². The second kappa shape index (κ2) is 4.28. The lowest BCUT2D eigenvalue weighted by Gasteiger charge is -2.07. The third-order valence-corrected chi connectivity index (χ3v) is 4.52. The third-order valence-electron chi connectivity index (χ3n) is 2.92. The number of anilines is 1. The number of fused-ring (bicyclic) bond motifs is 2. The van der Waals surface area contributed by atoms with Crippen LogP contribution in [0, 0.1) is 6.92 Å². The summed E-state index contributed by atoms with van der Waals surface area (Å²) in [5.74, 6) is 0. The molecule has 86 valence electrons. The summed E-state index contributed by atoms with van der Waals surface area (Å²) in [6, 6.07) is 12.5. The summed E-state index contributed by atoms with van der Waals surface area (Å²) < 4.78 is 0. The highest BCUT2D eigenvalue weighted by atomic mass is 35.5. The number of hydrogen-bond donors (Lipinski definition) is 1. The number of aryl methyl sites for hydroxylation is 1. The Labute approximate surface area is 110 Å². The molecule has 0 atom stereocenters. The van der Waals surface area contributed by atoms with E-state index in [1.54, 1.807) is 0 Å². The minimum absolute atomic E-state index is 0.777. The summed E-state index contributed by atoms with van der Waals surface area (Å²) in [5, 5.41) is 4.22. The van der Waals surface area contributed by atoms with Gasteiger partial charge in [0, 0.05) is 27.0 Å². The minimum atomic E-state index is 0.777. The van der Waals surface area contributed by atoms with Crippen molar-refractivity contribution in [2.75, 3.05) is 5.32 Å². The van der Waals surface area contributed by atoms with Crippen molar-refractivity contribution >= 4 is 29.1 Å². The molecule has 3 rings (SSSR count). The van der Waals surface area contributed by atoms with Gasteiger partial charge >= 0.3 is 0 Å². The molecule has 1 heterocycles. The number of benzene rings is 2. The van der Waals surface area contributed by atoms with E-state index in [-0.39, 0.29) is 0 Å². The molecule has 1 aliphatic rings. The largest absolute Gasteiger partial charge is 0.380 e. The molecule has 2 aromatic carbocycles. The van der Waals surface area contributed by atoms with Gasteiger partial charge in [0.05, 0.1) is 0 Å². The van der Waals surface area contributed by atoms with Crippen LogP contribution in [-0.4, -0.2) is 0 Å². The normalized spacial score (nSPS) is 13.3. The molecule has 3 heteroatoms. The van der Waals surface area contributed by atoms with Crippen LogP contribution < -0.4 is 5.32 Å². The molecule has 0 aromatic heterocycles. The van der Waals surface area contributed by atoms with Gasteiger partial charge in [-0.05, 0) is 36.2 Å². The van der Waals surface area contributed by atoms with E-state index >= 15 is 0 Å². The third kappa shape index (κ3) is 2.03. The summed E-state index contributed by atoms with van der Waals surface area (Å²) in [4.78, 5) is 2.60. The van der Waals surface area contributed by atoms with Crippen molar-refractivity contribution in [2.24, 2.45) is 0 Å². The van der Waals surface area contributed by atoms with E-state index in [2.05, 4.69) is 36.5 Å². The van der Waals surface area contributed by atoms with Crippen LogP contribution in [0.4, 0.5) is 5.69 Å². The van der Waals surface area contributed by atoms with Crippen LogP contribution in [0.15, 0.2) is 46.2 Å². The summed E-state index contributed by atoms with van der Waals surface area (Å²) in [6.45, 7) is 3.02. The first-order valence-corrected chi connectivity index (χ1v) is 6.73. The molecule has 0 unspecified atom stereocenters. The van der Waals surface area contributed by atoms with Crippen molar-refractivity contribution in [3.63, 3.8) is 0 Å². The number of hydrogen-bond acceptors (Lipinski definition) is 2. The molecule has 0 amide bonds. The van der Waals surface area contributed by atoms with Crippen LogP contribution in [0.3, 0.4) is 0 Å². The first kappa shape index (κ1) is 11.0. The fourth-order valence-corrected chi connectivity index (χ4v) is 3.30. The van der Waals surface area contributed by atoms with Gasteiger partial charge in [0.1, 0.15) is 0 Å². The summed E-state index contributed by atoms with van der Waals surface area (Å²) >= 11 is 7.84. The standard InChI is InChI=1S/C14H12ClNS/c1-9-3-2-4-10-8-16-12-7-11(15)5-6-13(12)17-14(9)10/h2-7,16H,8H2,1H3. The molecule has 0 bridgehead atoms. The van der Waals surface area contributed by atoms with Crippen LogP contribution in [0.5, 0.6) is 0 Å². The Morgan fingerprint density at radius 1 is 1.24 bits per heavy atom. The van der Waals surface area contributed by atoms with Crippen molar-refractivity contribution in [2.45, 2.75) is 23.3 Å². The molecule has 0 fully saturated rings. The quantitative estimate of drug-likeness (QED) is 0.736.